The number of aromatic nitrogens is 2. The zero-order chi connectivity index (χ0) is 15.1. The van der Waals surface area contributed by atoms with Gasteiger partial charge in [0.15, 0.2) is 4.34 Å². The van der Waals surface area contributed by atoms with Gasteiger partial charge in [0.25, 0.3) is 0 Å². The van der Waals surface area contributed by atoms with Gasteiger partial charge in [-0.25, -0.2) is 4.98 Å². The molecule has 0 radical (unpaired) electrons. The minimum atomic E-state index is 0.185. The maximum atomic E-state index is 5.50. The van der Waals surface area contributed by atoms with E-state index in [0.29, 0.717) is 0 Å². The summed E-state index contributed by atoms with van der Waals surface area (Å²) in [5, 5.41) is 3.49. The van der Waals surface area contributed by atoms with E-state index >= 15 is 0 Å². The van der Waals surface area contributed by atoms with Crippen LogP contribution < -0.4 is 14.8 Å². The van der Waals surface area contributed by atoms with E-state index in [0.717, 1.165) is 33.7 Å². The summed E-state index contributed by atoms with van der Waals surface area (Å²) in [6.45, 7) is 2.98. The van der Waals surface area contributed by atoms with Gasteiger partial charge in [0, 0.05) is 23.4 Å². The number of hydrogen-bond acceptors (Lipinski definition) is 7. The van der Waals surface area contributed by atoms with Crippen LogP contribution in [0.2, 0.25) is 0 Å². The third kappa shape index (κ3) is 4.33. The molecule has 1 aromatic carbocycles. The zero-order valence-corrected chi connectivity index (χ0v) is 14.0. The Hall–Kier alpha value is -1.31. The molecule has 2 rings (SSSR count). The Morgan fingerprint density at radius 1 is 1.33 bits per heavy atom. The smallest absolute Gasteiger partial charge is 0.169 e. The van der Waals surface area contributed by atoms with Crippen molar-refractivity contribution in [1.29, 1.82) is 0 Å². The summed E-state index contributed by atoms with van der Waals surface area (Å²) in [5.41, 5.74) is 1.12. The maximum Gasteiger partial charge on any atom is 0.169 e. The van der Waals surface area contributed by atoms with Crippen LogP contribution in [-0.4, -0.2) is 35.9 Å². The number of nitrogens with one attached hydrogen (secondary N) is 1. The van der Waals surface area contributed by atoms with E-state index in [-0.39, 0.29) is 6.04 Å². The molecule has 5 nitrogen and oxygen atoms in total. The molecule has 114 valence electrons. The van der Waals surface area contributed by atoms with Crippen molar-refractivity contribution in [3.05, 3.63) is 30.1 Å². The average Bonchev–Trinajstić information content (AvgIpc) is 3.04. The highest BCUT2D eigenvalue weighted by molar-refractivity contribution is 8.00. The summed E-state index contributed by atoms with van der Waals surface area (Å²) < 4.78 is 15.7. The standard InChI is InChI=1S/C14H19N3O2S2/c1-4-15-12(8-20-14-16-9-17-21-14)11-6-5-10(18-2)7-13(11)19-3/h5-7,9,12,15H,4,8H2,1-3H3. The van der Waals surface area contributed by atoms with Crippen molar-refractivity contribution in [2.45, 2.75) is 17.3 Å². The van der Waals surface area contributed by atoms with Crippen molar-refractivity contribution in [3.63, 3.8) is 0 Å². The molecule has 0 aliphatic rings. The number of ether oxygens (including phenoxy) is 2. The molecule has 0 saturated heterocycles. The fraction of sp³-hybridized carbons (Fsp3) is 0.429. The SMILES string of the molecule is CCNC(CSc1ncns1)c1ccc(OC)cc1OC. The van der Waals surface area contributed by atoms with Gasteiger partial charge in [0.2, 0.25) is 0 Å². The van der Waals surface area contributed by atoms with E-state index in [1.165, 1.54) is 11.5 Å². The van der Waals surface area contributed by atoms with Crippen LogP contribution in [0, 0.1) is 0 Å². The molecule has 7 heteroatoms. The number of nitrogens with zero attached hydrogens (tertiary/aromatic N) is 2. The summed E-state index contributed by atoms with van der Waals surface area (Å²) >= 11 is 3.11. The Labute approximate surface area is 133 Å². The van der Waals surface area contributed by atoms with Crippen LogP contribution in [0.1, 0.15) is 18.5 Å². The normalized spacial score (nSPS) is 12.1. The first-order chi connectivity index (χ1) is 10.3. The summed E-state index contributed by atoms with van der Waals surface area (Å²) in [6, 6.07) is 6.10. The number of thioether (sulfide) groups is 1. The van der Waals surface area contributed by atoms with Crippen LogP contribution in [0.3, 0.4) is 0 Å². The molecule has 0 spiro atoms. The van der Waals surface area contributed by atoms with E-state index in [4.69, 9.17) is 9.47 Å². The highest BCUT2D eigenvalue weighted by atomic mass is 32.2. The highest BCUT2D eigenvalue weighted by Gasteiger charge is 2.17. The lowest BCUT2D eigenvalue weighted by Gasteiger charge is -2.20. The fourth-order valence-electron chi connectivity index (χ4n) is 1.99. The van der Waals surface area contributed by atoms with E-state index in [2.05, 4.69) is 21.6 Å². The topological polar surface area (TPSA) is 56.3 Å². The van der Waals surface area contributed by atoms with Crippen molar-refractivity contribution in [1.82, 2.24) is 14.7 Å². The third-order valence-electron chi connectivity index (χ3n) is 2.98. The Bertz CT molecular complexity index is 549. The lowest BCUT2D eigenvalue weighted by atomic mass is 10.1. The second-order valence-corrected chi connectivity index (χ2v) is 6.28. The Morgan fingerprint density at radius 3 is 2.81 bits per heavy atom. The van der Waals surface area contributed by atoms with Crippen molar-refractivity contribution in [2.24, 2.45) is 0 Å². The highest BCUT2D eigenvalue weighted by Crippen LogP contribution is 2.33. The van der Waals surface area contributed by atoms with Gasteiger partial charge in [-0.05, 0) is 24.1 Å². The van der Waals surface area contributed by atoms with Crippen LogP contribution in [0.15, 0.2) is 28.9 Å². The van der Waals surface area contributed by atoms with Crippen molar-refractivity contribution < 1.29 is 9.47 Å². The molecule has 0 bridgehead atoms. The third-order valence-corrected chi connectivity index (χ3v) is 4.87. The lowest BCUT2D eigenvalue weighted by Crippen LogP contribution is -2.23. The van der Waals surface area contributed by atoms with Gasteiger partial charge in [0.1, 0.15) is 17.8 Å². The summed E-state index contributed by atoms with van der Waals surface area (Å²) in [5.74, 6) is 2.49. The zero-order valence-electron chi connectivity index (χ0n) is 12.3. The fourth-order valence-corrected chi connectivity index (χ4v) is 3.54. The molecule has 1 N–H and O–H groups in total. The second-order valence-electron chi connectivity index (χ2n) is 4.24. The second kappa shape index (κ2) is 8.21. The van der Waals surface area contributed by atoms with Crippen LogP contribution >= 0.6 is 23.3 Å². The molecule has 1 atom stereocenters. The molecule has 0 aliphatic heterocycles. The predicted octanol–water partition coefficient (Wildman–Crippen LogP) is 3.00. The van der Waals surface area contributed by atoms with Gasteiger partial charge < -0.3 is 14.8 Å². The number of methoxy groups -OCH3 is 2. The van der Waals surface area contributed by atoms with Crippen LogP contribution in [-0.2, 0) is 0 Å². The summed E-state index contributed by atoms with van der Waals surface area (Å²) in [6.07, 6.45) is 1.59. The maximum absolute atomic E-state index is 5.50. The monoisotopic (exact) mass is 325 g/mol. The van der Waals surface area contributed by atoms with Crippen LogP contribution in [0.4, 0.5) is 0 Å². The lowest BCUT2D eigenvalue weighted by molar-refractivity contribution is 0.386. The van der Waals surface area contributed by atoms with E-state index in [1.807, 2.05) is 18.2 Å². The van der Waals surface area contributed by atoms with Gasteiger partial charge in [-0.1, -0.05) is 24.8 Å². The van der Waals surface area contributed by atoms with Gasteiger partial charge in [-0.15, -0.1) is 0 Å². The van der Waals surface area contributed by atoms with E-state index in [1.54, 1.807) is 32.3 Å². The number of rotatable bonds is 8. The summed E-state index contributed by atoms with van der Waals surface area (Å²) in [4.78, 5) is 4.20. The average molecular weight is 325 g/mol. The molecule has 1 heterocycles. The first-order valence-corrected chi connectivity index (χ1v) is 8.39. The quantitative estimate of drug-likeness (QED) is 0.753. The molecule has 0 aliphatic carbocycles. The molecule has 0 saturated carbocycles. The van der Waals surface area contributed by atoms with Crippen LogP contribution in [0.5, 0.6) is 11.5 Å². The van der Waals surface area contributed by atoms with E-state index in [9.17, 15) is 0 Å². The molecule has 21 heavy (non-hydrogen) atoms. The first kappa shape index (κ1) is 16.1. The largest absolute Gasteiger partial charge is 0.497 e. The molecule has 1 aromatic heterocycles. The predicted molar refractivity (Wildman–Crippen MR) is 86.6 cm³/mol. The molecular formula is C14H19N3O2S2. The van der Waals surface area contributed by atoms with E-state index < -0.39 is 0 Å². The van der Waals surface area contributed by atoms with Gasteiger partial charge >= 0.3 is 0 Å². The van der Waals surface area contributed by atoms with Crippen molar-refractivity contribution >= 4 is 23.3 Å². The van der Waals surface area contributed by atoms with Crippen LogP contribution in [0.25, 0.3) is 0 Å². The van der Waals surface area contributed by atoms with Gasteiger partial charge in [-0.3, -0.25) is 0 Å². The Balaban J connectivity index is 2.16. The number of hydrogen-bond donors (Lipinski definition) is 1. The molecule has 0 fully saturated rings. The minimum Gasteiger partial charge on any atom is -0.497 e. The van der Waals surface area contributed by atoms with Crippen molar-refractivity contribution in [3.8, 4) is 11.5 Å². The van der Waals surface area contributed by atoms with Gasteiger partial charge in [-0.2, -0.15) is 4.37 Å². The molecule has 2 aromatic rings. The summed E-state index contributed by atoms with van der Waals surface area (Å²) in [7, 11) is 3.33. The first-order valence-electron chi connectivity index (χ1n) is 6.63. The minimum absolute atomic E-state index is 0.185. The number of benzene rings is 1. The molecule has 0 amide bonds. The van der Waals surface area contributed by atoms with Crippen molar-refractivity contribution in [2.75, 3.05) is 26.5 Å². The Kier molecular flexibility index (Phi) is 6.28. The van der Waals surface area contributed by atoms with Gasteiger partial charge in [0.05, 0.1) is 14.2 Å². The molecule has 1 unspecified atom stereocenters. The Morgan fingerprint density at radius 2 is 2.19 bits per heavy atom. The molecular weight excluding hydrogens is 306 g/mol.